The summed E-state index contributed by atoms with van der Waals surface area (Å²) in [5, 5.41) is 14.3. The number of nitrogens with two attached hydrogens (primary N) is 1. The number of nitrogens with one attached hydrogen (secondary N) is 1. The second-order valence-corrected chi connectivity index (χ2v) is 5.58. The number of imidazole rings is 1. The van der Waals surface area contributed by atoms with Crippen LogP contribution < -0.4 is 11.1 Å². The topological polar surface area (TPSA) is 116 Å². The molecule has 0 aliphatic carbocycles. The van der Waals surface area contributed by atoms with Gasteiger partial charge in [0.1, 0.15) is 5.69 Å². The number of rotatable bonds is 7. The molecule has 8 nitrogen and oxygen atoms in total. The summed E-state index contributed by atoms with van der Waals surface area (Å²) < 4.78 is 1.53. The average molecular weight is 404 g/mol. The van der Waals surface area contributed by atoms with E-state index in [2.05, 4.69) is 10.3 Å². The molecule has 2 rings (SSSR count). The predicted octanol–water partition coefficient (Wildman–Crippen LogP) is 2.87. The van der Waals surface area contributed by atoms with Gasteiger partial charge in [0.25, 0.3) is 11.6 Å². The van der Waals surface area contributed by atoms with Gasteiger partial charge in [0.05, 0.1) is 16.8 Å². The van der Waals surface area contributed by atoms with Crippen molar-refractivity contribution in [2.75, 3.05) is 6.54 Å². The first-order valence-corrected chi connectivity index (χ1v) is 7.75. The van der Waals surface area contributed by atoms with Crippen molar-refractivity contribution in [3.8, 4) is 5.69 Å². The Labute approximate surface area is 164 Å². The molecule has 0 fully saturated rings. The van der Waals surface area contributed by atoms with Crippen LogP contribution in [0, 0.1) is 10.1 Å². The van der Waals surface area contributed by atoms with Crippen LogP contribution >= 0.6 is 24.8 Å². The first-order valence-electron chi connectivity index (χ1n) is 7.75. The highest BCUT2D eigenvalue weighted by Gasteiger charge is 2.28. The third-order valence-corrected chi connectivity index (χ3v) is 4.34. The molecule has 0 aliphatic heterocycles. The first kappa shape index (κ1) is 23.8. The van der Waals surface area contributed by atoms with Gasteiger partial charge < -0.3 is 15.6 Å². The molecule has 0 radical (unpaired) electrons. The van der Waals surface area contributed by atoms with Crippen LogP contribution in [0.4, 0.5) is 5.69 Å². The largest absolute Gasteiger partial charge is 0.345 e. The van der Waals surface area contributed by atoms with Crippen molar-refractivity contribution in [3.63, 3.8) is 0 Å². The lowest BCUT2D eigenvalue weighted by atomic mass is 9.92. The number of hydrogen-bond donors (Lipinski definition) is 2. The van der Waals surface area contributed by atoms with Crippen LogP contribution in [0.5, 0.6) is 0 Å². The maximum Gasteiger partial charge on any atom is 0.294 e. The molecule has 0 unspecified atom stereocenters. The number of halogens is 2. The van der Waals surface area contributed by atoms with Crippen LogP contribution in [0.15, 0.2) is 36.9 Å². The molecule has 1 aromatic carbocycles. The van der Waals surface area contributed by atoms with E-state index in [9.17, 15) is 14.9 Å². The molecule has 0 aliphatic rings. The standard InChI is InChI=1S/C16H21N5O3.2ClH/c1-3-16(4-2,10-17)19-15(22)12-5-6-13(14(9-12)21(23)24)20-8-7-18-11-20;;/h5-9,11H,3-4,10,17H2,1-2H3,(H,19,22);2*1H. The van der Waals surface area contributed by atoms with E-state index < -0.39 is 10.5 Å². The Morgan fingerprint density at radius 3 is 2.46 bits per heavy atom. The fraction of sp³-hybridized carbons (Fsp3) is 0.375. The molecular formula is C16H23Cl2N5O3. The normalized spacial score (nSPS) is 10.4. The Bertz CT molecular complexity index is 725. The van der Waals surface area contributed by atoms with Crippen molar-refractivity contribution in [1.29, 1.82) is 0 Å². The van der Waals surface area contributed by atoms with E-state index >= 15 is 0 Å². The van der Waals surface area contributed by atoms with Gasteiger partial charge >= 0.3 is 0 Å². The Hall–Kier alpha value is -2.16. The molecule has 3 N–H and O–H groups in total. The maximum atomic E-state index is 12.5. The number of nitrogens with zero attached hydrogens (tertiary/aromatic N) is 3. The summed E-state index contributed by atoms with van der Waals surface area (Å²) in [4.78, 5) is 27.2. The average Bonchev–Trinajstić information content (AvgIpc) is 3.13. The zero-order valence-electron chi connectivity index (χ0n) is 14.5. The molecule has 2 aromatic rings. The third kappa shape index (κ3) is 4.94. The van der Waals surface area contributed by atoms with Gasteiger partial charge in [-0.25, -0.2) is 4.98 Å². The molecule has 0 saturated heterocycles. The van der Waals surface area contributed by atoms with Gasteiger partial charge in [-0.05, 0) is 25.0 Å². The van der Waals surface area contributed by atoms with Crippen molar-refractivity contribution in [2.45, 2.75) is 32.2 Å². The number of carbonyl (C=O) groups excluding carboxylic acids is 1. The fourth-order valence-corrected chi connectivity index (χ4v) is 2.51. The summed E-state index contributed by atoms with van der Waals surface area (Å²) in [5.41, 5.74) is 5.70. The summed E-state index contributed by atoms with van der Waals surface area (Å²) in [6.07, 6.45) is 5.97. The molecular weight excluding hydrogens is 381 g/mol. The van der Waals surface area contributed by atoms with Gasteiger partial charge in [0.15, 0.2) is 0 Å². The Morgan fingerprint density at radius 1 is 1.35 bits per heavy atom. The minimum absolute atomic E-state index is 0. The molecule has 0 saturated carbocycles. The van der Waals surface area contributed by atoms with Crippen molar-refractivity contribution >= 4 is 36.4 Å². The molecule has 10 heteroatoms. The summed E-state index contributed by atoms with van der Waals surface area (Å²) >= 11 is 0. The van der Waals surface area contributed by atoms with Crippen molar-refractivity contribution in [1.82, 2.24) is 14.9 Å². The number of benzene rings is 1. The minimum atomic E-state index is -0.512. The summed E-state index contributed by atoms with van der Waals surface area (Å²) in [5.74, 6) is -0.371. The summed E-state index contributed by atoms with van der Waals surface area (Å²) in [7, 11) is 0. The van der Waals surface area contributed by atoms with Gasteiger partial charge in [-0.2, -0.15) is 0 Å². The van der Waals surface area contributed by atoms with Crippen molar-refractivity contribution in [2.24, 2.45) is 5.73 Å². The highest BCUT2D eigenvalue weighted by molar-refractivity contribution is 5.95. The predicted molar refractivity (Wildman–Crippen MR) is 105 cm³/mol. The molecule has 1 aromatic heterocycles. The van der Waals surface area contributed by atoms with Crippen LogP contribution in [0.25, 0.3) is 5.69 Å². The highest BCUT2D eigenvalue weighted by atomic mass is 35.5. The summed E-state index contributed by atoms with van der Waals surface area (Å²) in [6, 6.07) is 4.37. The third-order valence-electron chi connectivity index (χ3n) is 4.34. The van der Waals surface area contributed by atoms with Crippen LogP contribution in [0.2, 0.25) is 0 Å². The lowest BCUT2D eigenvalue weighted by Gasteiger charge is -2.31. The van der Waals surface area contributed by atoms with Gasteiger partial charge in [-0.3, -0.25) is 14.9 Å². The molecule has 1 heterocycles. The molecule has 0 bridgehead atoms. The van der Waals surface area contributed by atoms with Crippen molar-refractivity contribution in [3.05, 3.63) is 52.6 Å². The van der Waals surface area contributed by atoms with Crippen molar-refractivity contribution < 1.29 is 9.72 Å². The smallest absolute Gasteiger partial charge is 0.294 e. The number of aromatic nitrogens is 2. The van der Waals surface area contributed by atoms with Crippen LogP contribution in [-0.4, -0.2) is 32.5 Å². The quantitative estimate of drug-likeness (QED) is 0.544. The summed E-state index contributed by atoms with van der Waals surface area (Å²) in [6.45, 7) is 4.20. The van der Waals surface area contributed by atoms with Crippen LogP contribution in [0.3, 0.4) is 0 Å². The number of amides is 1. The Balaban J connectivity index is 0.00000312. The second-order valence-electron chi connectivity index (χ2n) is 5.58. The maximum absolute atomic E-state index is 12.5. The van der Waals surface area contributed by atoms with E-state index in [0.29, 0.717) is 25.1 Å². The van der Waals surface area contributed by atoms with E-state index in [1.165, 1.54) is 29.2 Å². The molecule has 26 heavy (non-hydrogen) atoms. The van der Waals surface area contributed by atoms with Gasteiger partial charge in [-0.1, -0.05) is 13.8 Å². The van der Waals surface area contributed by atoms with Gasteiger partial charge in [0.2, 0.25) is 0 Å². The van der Waals surface area contributed by atoms with E-state index in [0.717, 1.165) is 0 Å². The van der Waals surface area contributed by atoms with E-state index in [4.69, 9.17) is 5.73 Å². The Kier molecular flexibility index (Phi) is 9.26. The highest BCUT2D eigenvalue weighted by Crippen LogP contribution is 2.25. The lowest BCUT2D eigenvalue weighted by Crippen LogP contribution is -2.52. The monoisotopic (exact) mass is 403 g/mol. The van der Waals surface area contributed by atoms with Gasteiger partial charge in [-0.15, -0.1) is 24.8 Å². The number of hydrogen-bond acceptors (Lipinski definition) is 5. The SMILES string of the molecule is CCC(CC)(CN)NC(=O)c1ccc(-n2ccnc2)c([N+](=O)[O-])c1.Cl.Cl. The minimum Gasteiger partial charge on any atom is -0.345 e. The zero-order chi connectivity index (χ0) is 17.7. The van der Waals surface area contributed by atoms with E-state index in [1.54, 1.807) is 12.3 Å². The van der Waals surface area contributed by atoms with Crippen LogP contribution in [-0.2, 0) is 0 Å². The fourth-order valence-electron chi connectivity index (χ4n) is 2.51. The molecule has 144 valence electrons. The van der Waals surface area contributed by atoms with Gasteiger partial charge in [0, 0.05) is 30.6 Å². The van der Waals surface area contributed by atoms with E-state index in [1.807, 2.05) is 13.8 Å². The zero-order valence-corrected chi connectivity index (χ0v) is 16.2. The molecule has 0 atom stereocenters. The van der Waals surface area contributed by atoms with E-state index in [-0.39, 0.29) is 42.0 Å². The number of carbonyl (C=O) groups is 1. The Morgan fingerprint density at radius 2 is 2.00 bits per heavy atom. The number of nitro groups is 1. The lowest BCUT2D eigenvalue weighted by molar-refractivity contribution is -0.384. The molecule has 0 spiro atoms. The first-order chi connectivity index (χ1) is 11.5. The number of nitro benzene ring substituents is 1. The molecule has 1 amide bonds. The second kappa shape index (κ2) is 10.1. The van der Waals surface area contributed by atoms with Crippen LogP contribution in [0.1, 0.15) is 37.0 Å².